The van der Waals surface area contributed by atoms with Crippen LogP contribution in [0.5, 0.6) is 0 Å². The van der Waals surface area contributed by atoms with Gasteiger partial charge in [0.25, 0.3) is 5.91 Å². The molecule has 0 aliphatic rings. The lowest BCUT2D eigenvalue weighted by molar-refractivity contribution is -0.120. The molecule has 0 saturated carbocycles. The third-order valence-electron chi connectivity index (χ3n) is 5.30. The van der Waals surface area contributed by atoms with Crippen molar-refractivity contribution in [3.63, 3.8) is 0 Å². The summed E-state index contributed by atoms with van der Waals surface area (Å²) in [6.45, 7) is 4.37. The minimum atomic E-state index is -0.321. The lowest BCUT2D eigenvalue weighted by atomic mass is 10.0. The number of nitrogens with one attached hydrogen (secondary N) is 1. The van der Waals surface area contributed by atoms with Crippen LogP contribution in [0, 0.1) is 13.8 Å². The minimum Gasteiger partial charge on any atom is -0.384 e. The molecule has 7 nitrogen and oxygen atoms in total. The van der Waals surface area contributed by atoms with Crippen molar-refractivity contribution in [1.82, 2.24) is 9.78 Å². The number of aromatic nitrogens is 2. The van der Waals surface area contributed by atoms with E-state index in [9.17, 15) is 4.79 Å². The quantitative estimate of drug-likeness (QED) is 0.233. The van der Waals surface area contributed by atoms with Crippen LogP contribution in [-0.4, -0.2) is 28.1 Å². The Hall–Kier alpha value is -4.39. The lowest BCUT2D eigenvalue weighted by Crippen LogP contribution is -2.20. The van der Waals surface area contributed by atoms with Crippen molar-refractivity contribution in [3.05, 3.63) is 107 Å². The third-order valence-corrected chi connectivity index (χ3v) is 5.30. The monoisotopic (exact) mass is 453 g/mol. The number of hydrogen-bond acceptors (Lipinski definition) is 4. The van der Waals surface area contributed by atoms with Crippen LogP contribution in [0.4, 0.5) is 5.69 Å². The van der Waals surface area contributed by atoms with Gasteiger partial charge in [-0.3, -0.25) is 9.48 Å². The molecule has 0 aliphatic carbocycles. The summed E-state index contributed by atoms with van der Waals surface area (Å²) in [6, 6.07) is 27.2. The van der Waals surface area contributed by atoms with Gasteiger partial charge in [0.15, 0.2) is 12.4 Å². The number of aryl methyl sites for hydroxylation is 2. The zero-order chi connectivity index (χ0) is 23.9. The summed E-state index contributed by atoms with van der Waals surface area (Å²) < 4.78 is 1.94. The topological polar surface area (TPSA) is 94.5 Å². The SMILES string of the molecule is Cc1cc(C)n(Cc2cccc(/C(N)=N/OCC(=O)Nc3ccccc3-c3ccccc3)c2)n1. The van der Waals surface area contributed by atoms with E-state index in [1.54, 1.807) is 0 Å². The Labute approximate surface area is 198 Å². The largest absolute Gasteiger partial charge is 0.384 e. The molecule has 0 fully saturated rings. The molecular formula is C27H27N5O2. The molecule has 4 rings (SSSR count). The molecule has 172 valence electrons. The highest BCUT2D eigenvalue weighted by Gasteiger charge is 2.09. The van der Waals surface area contributed by atoms with Gasteiger partial charge in [0, 0.05) is 22.5 Å². The average Bonchev–Trinajstić information content (AvgIpc) is 3.16. The van der Waals surface area contributed by atoms with Gasteiger partial charge in [-0.25, -0.2) is 0 Å². The first kappa shape index (κ1) is 22.8. The van der Waals surface area contributed by atoms with Gasteiger partial charge in [-0.1, -0.05) is 71.9 Å². The van der Waals surface area contributed by atoms with E-state index in [1.165, 1.54) is 0 Å². The van der Waals surface area contributed by atoms with Crippen molar-refractivity contribution in [1.29, 1.82) is 0 Å². The van der Waals surface area contributed by atoms with Gasteiger partial charge in [0.05, 0.1) is 12.2 Å². The van der Waals surface area contributed by atoms with Crippen LogP contribution in [0.3, 0.4) is 0 Å². The highest BCUT2D eigenvalue weighted by Crippen LogP contribution is 2.27. The predicted molar refractivity (Wildman–Crippen MR) is 134 cm³/mol. The minimum absolute atomic E-state index is 0.202. The zero-order valence-electron chi connectivity index (χ0n) is 19.2. The summed E-state index contributed by atoms with van der Waals surface area (Å²) in [5, 5.41) is 11.3. The standard InChI is InChI=1S/C27H27N5O2/c1-19-15-20(2)32(30-19)17-21-9-8-12-23(16-21)27(28)31-34-18-26(33)29-25-14-7-6-13-24(25)22-10-4-3-5-11-22/h3-16H,17-18H2,1-2H3,(H2,28,31)(H,29,33). The van der Waals surface area contributed by atoms with Crippen molar-refractivity contribution in [3.8, 4) is 11.1 Å². The first-order valence-electron chi connectivity index (χ1n) is 11.0. The zero-order valence-corrected chi connectivity index (χ0v) is 19.2. The van der Waals surface area contributed by atoms with E-state index in [-0.39, 0.29) is 18.3 Å². The molecular weight excluding hydrogens is 426 g/mol. The molecule has 0 atom stereocenters. The number of carbonyl (C=O) groups is 1. The molecule has 0 saturated heterocycles. The van der Waals surface area contributed by atoms with Gasteiger partial charge < -0.3 is 15.9 Å². The van der Waals surface area contributed by atoms with Gasteiger partial charge >= 0.3 is 0 Å². The molecule has 0 bridgehead atoms. The van der Waals surface area contributed by atoms with E-state index in [0.717, 1.165) is 28.1 Å². The first-order valence-corrected chi connectivity index (χ1v) is 11.0. The highest BCUT2D eigenvalue weighted by atomic mass is 16.6. The van der Waals surface area contributed by atoms with Crippen LogP contribution >= 0.6 is 0 Å². The Morgan fingerprint density at radius 3 is 2.53 bits per heavy atom. The van der Waals surface area contributed by atoms with E-state index in [1.807, 2.05) is 103 Å². The van der Waals surface area contributed by atoms with Crippen LogP contribution in [-0.2, 0) is 16.2 Å². The van der Waals surface area contributed by atoms with E-state index in [4.69, 9.17) is 10.6 Å². The number of oxime groups is 1. The van der Waals surface area contributed by atoms with Crippen molar-refractivity contribution in [2.45, 2.75) is 20.4 Å². The highest BCUT2D eigenvalue weighted by molar-refractivity contribution is 5.98. The van der Waals surface area contributed by atoms with Crippen molar-refractivity contribution in [2.75, 3.05) is 11.9 Å². The number of benzene rings is 3. The summed E-state index contributed by atoms with van der Waals surface area (Å²) in [5.41, 5.74) is 12.6. The number of nitrogens with two attached hydrogens (primary N) is 1. The number of rotatable bonds is 8. The van der Waals surface area contributed by atoms with Gasteiger partial charge in [0.2, 0.25) is 0 Å². The Balaban J connectivity index is 1.37. The maximum absolute atomic E-state index is 12.4. The fraction of sp³-hybridized carbons (Fsp3) is 0.148. The summed E-state index contributed by atoms with van der Waals surface area (Å²) in [7, 11) is 0. The van der Waals surface area contributed by atoms with Crippen LogP contribution in [0.1, 0.15) is 22.5 Å². The number of amidine groups is 1. The van der Waals surface area contributed by atoms with E-state index < -0.39 is 0 Å². The third kappa shape index (κ3) is 5.69. The van der Waals surface area contributed by atoms with E-state index >= 15 is 0 Å². The van der Waals surface area contributed by atoms with Crippen molar-refractivity contribution < 1.29 is 9.63 Å². The molecule has 0 aliphatic heterocycles. The predicted octanol–water partition coefficient (Wildman–Crippen LogP) is 4.49. The Morgan fingerprint density at radius 2 is 1.76 bits per heavy atom. The second-order valence-electron chi connectivity index (χ2n) is 7.99. The normalized spacial score (nSPS) is 11.3. The van der Waals surface area contributed by atoms with Crippen LogP contribution < -0.4 is 11.1 Å². The van der Waals surface area contributed by atoms with E-state index in [2.05, 4.69) is 15.6 Å². The van der Waals surface area contributed by atoms with Gasteiger partial charge in [-0.05, 0) is 43.2 Å². The summed E-state index contributed by atoms with van der Waals surface area (Å²) in [5.74, 6) is -0.120. The maximum atomic E-state index is 12.4. The maximum Gasteiger partial charge on any atom is 0.265 e. The molecule has 1 amide bonds. The van der Waals surface area contributed by atoms with Gasteiger partial charge in [-0.15, -0.1) is 0 Å². The Bertz CT molecular complexity index is 1310. The molecule has 34 heavy (non-hydrogen) atoms. The van der Waals surface area contributed by atoms with Crippen LogP contribution in [0.15, 0.2) is 90.1 Å². The molecule has 0 radical (unpaired) electrons. The summed E-state index contributed by atoms with van der Waals surface area (Å²) >= 11 is 0. The molecule has 0 unspecified atom stereocenters. The molecule has 0 spiro atoms. The number of amides is 1. The fourth-order valence-electron chi connectivity index (χ4n) is 3.70. The molecule has 3 N–H and O–H groups in total. The van der Waals surface area contributed by atoms with Crippen LogP contribution in [0.25, 0.3) is 11.1 Å². The second kappa shape index (κ2) is 10.5. The van der Waals surface area contributed by atoms with Gasteiger partial charge in [-0.2, -0.15) is 5.10 Å². The number of para-hydroxylation sites is 1. The first-order chi connectivity index (χ1) is 16.5. The lowest BCUT2D eigenvalue weighted by Gasteiger charge is -2.11. The molecule has 1 aromatic heterocycles. The second-order valence-corrected chi connectivity index (χ2v) is 7.99. The smallest absolute Gasteiger partial charge is 0.265 e. The number of nitrogens with zero attached hydrogens (tertiary/aromatic N) is 3. The molecule has 3 aromatic carbocycles. The van der Waals surface area contributed by atoms with Gasteiger partial charge in [0.1, 0.15) is 0 Å². The Morgan fingerprint density at radius 1 is 1.00 bits per heavy atom. The summed E-state index contributed by atoms with van der Waals surface area (Å²) in [4.78, 5) is 17.7. The average molecular weight is 454 g/mol. The fourth-order valence-corrected chi connectivity index (χ4v) is 3.70. The number of hydrogen-bond donors (Lipinski definition) is 2. The number of carbonyl (C=O) groups excluding carboxylic acids is 1. The molecule has 1 heterocycles. The Kier molecular flexibility index (Phi) is 7.03. The van der Waals surface area contributed by atoms with E-state index in [0.29, 0.717) is 17.8 Å². The van der Waals surface area contributed by atoms with Crippen LogP contribution in [0.2, 0.25) is 0 Å². The number of anilines is 1. The summed E-state index contributed by atoms with van der Waals surface area (Å²) in [6.07, 6.45) is 0. The van der Waals surface area contributed by atoms with Crippen molar-refractivity contribution >= 4 is 17.4 Å². The molecule has 4 aromatic rings. The molecule has 7 heteroatoms. The van der Waals surface area contributed by atoms with Crippen molar-refractivity contribution in [2.24, 2.45) is 10.9 Å².